The minimum Gasteiger partial charge on any atom is -0.493 e. The van der Waals surface area contributed by atoms with Crippen molar-refractivity contribution in [3.63, 3.8) is 0 Å². The predicted molar refractivity (Wildman–Crippen MR) is 84.2 cm³/mol. The highest BCUT2D eigenvalue weighted by atomic mass is 32.2. The Morgan fingerprint density at radius 1 is 1.30 bits per heavy atom. The second-order valence-electron chi connectivity index (χ2n) is 4.36. The number of thioether (sulfide) groups is 1. The molecule has 0 aromatic heterocycles. The van der Waals surface area contributed by atoms with Gasteiger partial charge in [0.2, 0.25) is 0 Å². The van der Waals surface area contributed by atoms with E-state index in [-0.39, 0.29) is 13.2 Å². The van der Waals surface area contributed by atoms with E-state index in [2.05, 4.69) is 5.32 Å². The molecule has 122 valence electrons. The molecule has 1 fully saturated rings. The lowest BCUT2D eigenvalue weighted by Gasteiger charge is -2.11. The number of nitrogens with one attached hydrogen (secondary N) is 1. The fourth-order valence-electron chi connectivity index (χ4n) is 1.80. The molecule has 0 aliphatic carbocycles. The van der Waals surface area contributed by atoms with Crippen LogP contribution in [0.1, 0.15) is 12.5 Å². The number of methoxy groups -OCH3 is 1. The highest BCUT2D eigenvalue weighted by Crippen LogP contribution is 2.31. The summed E-state index contributed by atoms with van der Waals surface area (Å²) < 4.78 is 15.3. The van der Waals surface area contributed by atoms with Crippen molar-refractivity contribution in [3.05, 3.63) is 28.7 Å². The lowest BCUT2D eigenvalue weighted by atomic mass is 10.2. The van der Waals surface area contributed by atoms with E-state index in [4.69, 9.17) is 14.2 Å². The molecule has 0 spiro atoms. The largest absolute Gasteiger partial charge is 0.493 e. The summed E-state index contributed by atoms with van der Waals surface area (Å²) in [4.78, 5) is 34.3. The van der Waals surface area contributed by atoms with Gasteiger partial charge >= 0.3 is 5.97 Å². The van der Waals surface area contributed by atoms with E-state index in [1.54, 1.807) is 31.2 Å². The van der Waals surface area contributed by atoms with Crippen LogP contribution >= 0.6 is 11.8 Å². The van der Waals surface area contributed by atoms with Crippen LogP contribution in [0.5, 0.6) is 11.5 Å². The molecule has 0 radical (unpaired) electrons. The van der Waals surface area contributed by atoms with Gasteiger partial charge in [0.05, 0.1) is 18.6 Å². The third-order valence-electron chi connectivity index (χ3n) is 2.78. The van der Waals surface area contributed by atoms with Gasteiger partial charge in [-0.25, -0.2) is 4.79 Å². The fraction of sp³-hybridized carbons (Fsp3) is 0.267. The van der Waals surface area contributed by atoms with Gasteiger partial charge in [-0.1, -0.05) is 6.07 Å². The number of hydrogen-bond acceptors (Lipinski definition) is 7. The molecule has 1 aliphatic rings. The van der Waals surface area contributed by atoms with Crippen molar-refractivity contribution < 1.29 is 28.6 Å². The first-order valence-corrected chi connectivity index (χ1v) is 7.56. The van der Waals surface area contributed by atoms with Crippen molar-refractivity contribution in [3.8, 4) is 11.5 Å². The summed E-state index contributed by atoms with van der Waals surface area (Å²) in [5, 5.41) is 1.78. The average molecular weight is 337 g/mol. The number of rotatable bonds is 6. The van der Waals surface area contributed by atoms with Crippen LogP contribution in [0.2, 0.25) is 0 Å². The van der Waals surface area contributed by atoms with E-state index >= 15 is 0 Å². The summed E-state index contributed by atoms with van der Waals surface area (Å²) in [5.41, 5.74) is 0.665. The Bertz CT molecular complexity index is 670. The number of carbonyl (C=O) groups excluding carboxylic acids is 3. The van der Waals surface area contributed by atoms with Crippen molar-refractivity contribution in [2.24, 2.45) is 0 Å². The van der Waals surface area contributed by atoms with Gasteiger partial charge in [0.25, 0.3) is 11.1 Å². The quantitative estimate of drug-likeness (QED) is 0.627. The van der Waals surface area contributed by atoms with Gasteiger partial charge in [-0.3, -0.25) is 14.9 Å². The smallest absolute Gasteiger partial charge is 0.344 e. The Labute approximate surface area is 137 Å². The highest BCUT2D eigenvalue weighted by molar-refractivity contribution is 8.18. The van der Waals surface area contributed by atoms with Gasteiger partial charge in [0, 0.05) is 0 Å². The predicted octanol–water partition coefficient (Wildman–Crippen LogP) is 1.96. The topological polar surface area (TPSA) is 90.9 Å². The summed E-state index contributed by atoms with van der Waals surface area (Å²) in [7, 11) is 1.46. The minimum absolute atomic E-state index is 0.225. The number of hydrogen-bond donors (Lipinski definition) is 1. The Hall–Kier alpha value is -2.48. The van der Waals surface area contributed by atoms with Crippen LogP contribution in [0.3, 0.4) is 0 Å². The molecule has 1 saturated heterocycles. The maximum Gasteiger partial charge on any atom is 0.344 e. The number of esters is 1. The fourth-order valence-corrected chi connectivity index (χ4v) is 2.49. The van der Waals surface area contributed by atoms with E-state index in [0.717, 1.165) is 11.8 Å². The van der Waals surface area contributed by atoms with Crippen molar-refractivity contribution in [1.29, 1.82) is 0 Å². The molecule has 2 amide bonds. The van der Waals surface area contributed by atoms with Gasteiger partial charge in [0.15, 0.2) is 18.1 Å². The van der Waals surface area contributed by atoms with Crippen molar-refractivity contribution >= 4 is 35.0 Å². The average Bonchev–Trinajstić information content (AvgIpc) is 2.83. The first-order chi connectivity index (χ1) is 11.0. The molecule has 1 heterocycles. The zero-order chi connectivity index (χ0) is 16.8. The van der Waals surface area contributed by atoms with Gasteiger partial charge in [-0.2, -0.15) is 0 Å². The SMILES string of the molecule is CCOC(=O)COc1ccc(C=C2SC(=O)NC2=O)cc1OC. The van der Waals surface area contributed by atoms with Crippen molar-refractivity contribution in [2.45, 2.75) is 6.92 Å². The van der Waals surface area contributed by atoms with E-state index < -0.39 is 17.1 Å². The van der Waals surface area contributed by atoms with Gasteiger partial charge in [-0.15, -0.1) is 0 Å². The summed E-state index contributed by atoms with van der Waals surface area (Å²) >= 11 is 0.834. The maximum absolute atomic E-state index is 11.5. The first-order valence-electron chi connectivity index (χ1n) is 6.74. The molecule has 1 aliphatic heterocycles. The van der Waals surface area contributed by atoms with Crippen LogP contribution < -0.4 is 14.8 Å². The zero-order valence-corrected chi connectivity index (χ0v) is 13.4. The Morgan fingerprint density at radius 2 is 2.09 bits per heavy atom. The van der Waals surface area contributed by atoms with E-state index in [1.165, 1.54) is 7.11 Å². The van der Waals surface area contributed by atoms with Gasteiger partial charge in [0.1, 0.15) is 0 Å². The minimum atomic E-state index is -0.474. The molecule has 0 unspecified atom stereocenters. The lowest BCUT2D eigenvalue weighted by Crippen LogP contribution is -2.17. The molecule has 23 heavy (non-hydrogen) atoms. The zero-order valence-electron chi connectivity index (χ0n) is 12.6. The van der Waals surface area contributed by atoms with Crippen LogP contribution in [0.15, 0.2) is 23.1 Å². The third-order valence-corrected chi connectivity index (χ3v) is 3.59. The molecule has 1 aromatic carbocycles. The van der Waals surface area contributed by atoms with Crippen LogP contribution in [0, 0.1) is 0 Å². The number of amides is 2. The number of benzene rings is 1. The van der Waals surface area contributed by atoms with Crippen molar-refractivity contribution in [1.82, 2.24) is 5.32 Å². The highest BCUT2D eigenvalue weighted by Gasteiger charge is 2.25. The lowest BCUT2D eigenvalue weighted by molar-refractivity contribution is -0.145. The molecule has 7 nitrogen and oxygen atoms in total. The summed E-state index contributed by atoms with van der Waals surface area (Å²) in [6.45, 7) is 1.77. The second-order valence-corrected chi connectivity index (χ2v) is 5.37. The molecular formula is C15H15NO6S. The molecule has 1 N–H and O–H groups in total. The summed E-state index contributed by atoms with van der Waals surface area (Å²) in [5.74, 6) is -0.124. The monoisotopic (exact) mass is 337 g/mol. The standard InChI is InChI=1S/C15H15NO6S/c1-3-21-13(17)8-22-10-5-4-9(6-11(10)20-2)7-12-14(18)16-15(19)23-12/h4-7H,3,8H2,1-2H3,(H,16,18,19). The van der Waals surface area contributed by atoms with E-state index in [9.17, 15) is 14.4 Å². The van der Waals surface area contributed by atoms with E-state index in [1.807, 2.05) is 0 Å². The number of imide groups is 1. The van der Waals surface area contributed by atoms with Crippen LogP contribution in [0.25, 0.3) is 6.08 Å². The van der Waals surface area contributed by atoms with E-state index in [0.29, 0.717) is 22.0 Å². The third kappa shape index (κ3) is 4.49. The second kappa shape index (κ2) is 7.68. The Balaban J connectivity index is 2.13. The molecule has 2 rings (SSSR count). The van der Waals surface area contributed by atoms with Crippen LogP contribution in [-0.4, -0.2) is 37.4 Å². The molecule has 0 saturated carbocycles. The van der Waals surface area contributed by atoms with Gasteiger partial charge in [-0.05, 0) is 42.5 Å². The van der Waals surface area contributed by atoms with Gasteiger partial charge < -0.3 is 14.2 Å². The molecule has 0 bridgehead atoms. The Kier molecular flexibility index (Phi) is 5.64. The van der Waals surface area contributed by atoms with Crippen molar-refractivity contribution in [2.75, 3.05) is 20.3 Å². The first kappa shape index (κ1) is 16.9. The molecule has 1 aromatic rings. The molecule has 0 atom stereocenters. The maximum atomic E-state index is 11.5. The summed E-state index contributed by atoms with van der Waals surface area (Å²) in [6.07, 6.45) is 1.57. The molecule has 8 heteroatoms. The Morgan fingerprint density at radius 3 is 2.70 bits per heavy atom. The summed E-state index contributed by atoms with van der Waals surface area (Å²) in [6, 6.07) is 4.95. The number of ether oxygens (including phenoxy) is 3. The van der Waals surface area contributed by atoms with Crippen LogP contribution in [0.4, 0.5) is 4.79 Å². The van der Waals surface area contributed by atoms with Crippen LogP contribution in [-0.2, 0) is 14.3 Å². The number of carbonyl (C=O) groups is 3. The normalized spacial score (nSPS) is 15.5. The molecular weight excluding hydrogens is 322 g/mol.